The Bertz CT molecular complexity index is 529. The molecule has 2 heterocycles. The van der Waals surface area contributed by atoms with Crippen molar-refractivity contribution in [2.45, 2.75) is 18.6 Å². The van der Waals surface area contributed by atoms with Crippen LogP contribution in [-0.4, -0.2) is 4.98 Å². The average Bonchev–Trinajstić information content (AvgIpc) is 2.83. The SMILES string of the molecule is N[C@@H]1CC(c2nccs2)Oc2ccc(Br)cc21. The summed E-state index contributed by atoms with van der Waals surface area (Å²) in [5.41, 5.74) is 7.25. The van der Waals surface area contributed by atoms with E-state index in [4.69, 9.17) is 10.5 Å². The summed E-state index contributed by atoms with van der Waals surface area (Å²) >= 11 is 5.06. The number of nitrogens with two attached hydrogens (primary N) is 1. The number of benzene rings is 1. The maximum Gasteiger partial charge on any atom is 0.152 e. The van der Waals surface area contributed by atoms with Gasteiger partial charge in [0.15, 0.2) is 6.10 Å². The molecule has 0 saturated carbocycles. The Morgan fingerprint density at radius 3 is 3.12 bits per heavy atom. The first-order valence-corrected chi connectivity index (χ1v) is 7.02. The molecule has 0 radical (unpaired) electrons. The van der Waals surface area contributed by atoms with Crippen LogP contribution in [0.5, 0.6) is 5.75 Å². The van der Waals surface area contributed by atoms with E-state index in [-0.39, 0.29) is 12.1 Å². The van der Waals surface area contributed by atoms with Crippen LogP contribution < -0.4 is 10.5 Å². The number of halogens is 1. The molecule has 0 spiro atoms. The monoisotopic (exact) mass is 310 g/mol. The molecule has 17 heavy (non-hydrogen) atoms. The van der Waals surface area contributed by atoms with Gasteiger partial charge in [-0.3, -0.25) is 0 Å². The highest BCUT2D eigenvalue weighted by molar-refractivity contribution is 9.10. The highest BCUT2D eigenvalue weighted by atomic mass is 79.9. The van der Waals surface area contributed by atoms with Crippen molar-refractivity contribution in [1.29, 1.82) is 0 Å². The number of fused-ring (bicyclic) bond motifs is 1. The van der Waals surface area contributed by atoms with E-state index in [0.717, 1.165) is 27.2 Å². The first-order chi connectivity index (χ1) is 8.24. The summed E-state index contributed by atoms with van der Waals surface area (Å²) in [6.07, 6.45) is 2.56. The second kappa shape index (κ2) is 4.40. The Morgan fingerprint density at radius 2 is 2.35 bits per heavy atom. The summed E-state index contributed by atoms with van der Waals surface area (Å²) in [6, 6.07) is 5.96. The van der Waals surface area contributed by atoms with E-state index in [9.17, 15) is 0 Å². The molecule has 5 heteroatoms. The van der Waals surface area contributed by atoms with Crippen molar-refractivity contribution in [1.82, 2.24) is 4.98 Å². The van der Waals surface area contributed by atoms with Crippen molar-refractivity contribution >= 4 is 27.3 Å². The van der Waals surface area contributed by atoms with E-state index in [1.54, 1.807) is 17.5 Å². The average molecular weight is 311 g/mol. The third-order valence-electron chi connectivity index (χ3n) is 2.84. The van der Waals surface area contributed by atoms with Crippen LogP contribution in [0.4, 0.5) is 0 Å². The summed E-state index contributed by atoms with van der Waals surface area (Å²) in [5.74, 6) is 0.868. The molecule has 2 N–H and O–H groups in total. The Kier molecular flexibility index (Phi) is 2.90. The minimum absolute atomic E-state index is 0.00477. The Hall–Kier alpha value is -0.910. The molecule has 1 aliphatic rings. The Labute approximate surface area is 112 Å². The largest absolute Gasteiger partial charge is 0.483 e. The molecule has 0 bridgehead atoms. The van der Waals surface area contributed by atoms with Gasteiger partial charge in [-0.15, -0.1) is 11.3 Å². The quantitative estimate of drug-likeness (QED) is 0.878. The molecule has 3 nitrogen and oxygen atoms in total. The second-order valence-electron chi connectivity index (χ2n) is 4.00. The molecule has 0 aliphatic carbocycles. The number of thiazole rings is 1. The van der Waals surface area contributed by atoms with Gasteiger partial charge in [-0.05, 0) is 18.2 Å². The molecule has 1 unspecified atom stereocenters. The second-order valence-corrected chi connectivity index (χ2v) is 5.84. The van der Waals surface area contributed by atoms with E-state index in [0.29, 0.717) is 0 Å². The zero-order chi connectivity index (χ0) is 11.8. The molecule has 0 amide bonds. The fourth-order valence-corrected chi connectivity index (χ4v) is 3.08. The highest BCUT2D eigenvalue weighted by Gasteiger charge is 2.28. The molecule has 1 aromatic carbocycles. The van der Waals surface area contributed by atoms with E-state index in [1.165, 1.54) is 0 Å². The van der Waals surface area contributed by atoms with E-state index >= 15 is 0 Å². The third-order valence-corrected chi connectivity index (χ3v) is 4.20. The van der Waals surface area contributed by atoms with Gasteiger partial charge in [0.25, 0.3) is 0 Å². The molecule has 3 rings (SSSR count). The lowest BCUT2D eigenvalue weighted by atomic mass is 9.97. The Morgan fingerprint density at radius 1 is 1.47 bits per heavy atom. The lowest BCUT2D eigenvalue weighted by Crippen LogP contribution is -2.24. The van der Waals surface area contributed by atoms with Gasteiger partial charge < -0.3 is 10.5 Å². The Balaban J connectivity index is 1.96. The van der Waals surface area contributed by atoms with Crippen molar-refractivity contribution in [3.8, 4) is 5.75 Å². The summed E-state index contributed by atoms with van der Waals surface area (Å²) < 4.78 is 6.98. The van der Waals surface area contributed by atoms with Crippen molar-refractivity contribution in [3.63, 3.8) is 0 Å². The lowest BCUT2D eigenvalue weighted by Gasteiger charge is -2.29. The van der Waals surface area contributed by atoms with Crippen LogP contribution in [0, 0.1) is 0 Å². The van der Waals surface area contributed by atoms with Crippen LogP contribution in [0.15, 0.2) is 34.2 Å². The zero-order valence-electron chi connectivity index (χ0n) is 8.97. The highest BCUT2D eigenvalue weighted by Crippen LogP contribution is 2.40. The predicted molar refractivity (Wildman–Crippen MR) is 71.2 cm³/mol. The number of aromatic nitrogens is 1. The molecule has 0 fully saturated rings. The minimum atomic E-state index is -0.0151. The van der Waals surface area contributed by atoms with Gasteiger partial charge >= 0.3 is 0 Å². The number of nitrogens with zero attached hydrogens (tertiary/aromatic N) is 1. The maximum absolute atomic E-state index is 6.19. The lowest BCUT2D eigenvalue weighted by molar-refractivity contribution is 0.161. The van der Waals surface area contributed by atoms with Gasteiger partial charge in [0.1, 0.15) is 10.8 Å². The smallest absolute Gasteiger partial charge is 0.152 e. The first-order valence-electron chi connectivity index (χ1n) is 5.35. The van der Waals surface area contributed by atoms with Crippen LogP contribution in [0.3, 0.4) is 0 Å². The van der Waals surface area contributed by atoms with Crippen LogP contribution in [0.25, 0.3) is 0 Å². The first kappa shape index (κ1) is 11.2. The number of hydrogen-bond acceptors (Lipinski definition) is 4. The maximum atomic E-state index is 6.19. The minimum Gasteiger partial charge on any atom is -0.483 e. The van der Waals surface area contributed by atoms with Gasteiger partial charge in [-0.1, -0.05) is 15.9 Å². The third kappa shape index (κ3) is 2.10. The van der Waals surface area contributed by atoms with Gasteiger partial charge in [0, 0.05) is 34.1 Å². The topological polar surface area (TPSA) is 48.1 Å². The molecule has 2 atom stereocenters. The molecular weight excluding hydrogens is 300 g/mol. The fraction of sp³-hybridized carbons (Fsp3) is 0.250. The molecule has 88 valence electrons. The van der Waals surface area contributed by atoms with Gasteiger partial charge in [-0.2, -0.15) is 0 Å². The number of hydrogen-bond donors (Lipinski definition) is 1. The van der Waals surface area contributed by atoms with Gasteiger partial charge in [0.05, 0.1) is 0 Å². The number of ether oxygens (including phenoxy) is 1. The molecule has 1 aliphatic heterocycles. The molecule has 1 aromatic heterocycles. The summed E-state index contributed by atoms with van der Waals surface area (Å²) in [5, 5.41) is 2.95. The van der Waals surface area contributed by atoms with E-state index in [2.05, 4.69) is 20.9 Å². The van der Waals surface area contributed by atoms with Gasteiger partial charge in [-0.25, -0.2) is 4.98 Å². The van der Waals surface area contributed by atoms with Crippen molar-refractivity contribution in [3.05, 3.63) is 44.8 Å². The van der Waals surface area contributed by atoms with Crippen molar-refractivity contribution < 1.29 is 4.74 Å². The van der Waals surface area contributed by atoms with Crippen LogP contribution in [0.1, 0.15) is 29.1 Å². The normalized spacial score (nSPS) is 22.9. The van der Waals surface area contributed by atoms with Crippen LogP contribution >= 0.6 is 27.3 Å². The van der Waals surface area contributed by atoms with E-state index < -0.39 is 0 Å². The van der Waals surface area contributed by atoms with Crippen molar-refractivity contribution in [2.75, 3.05) is 0 Å². The van der Waals surface area contributed by atoms with E-state index in [1.807, 2.05) is 23.6 Å². The number of rotatable bonds is 1. The summed E-state index contributed by atoms with van der Waals surface area (Å²) in [6.45, 7) is 0. The summed E-state index contributed by atoms with van der Waals surface area (Å²) in [4.78, 5) is 4.29. The zero-order valence-corrected chi connectivity index (χ0v) is 11.4. The molecule has 2 aromatic rings. The molecular formula is C12H11BrN2OS. The van der Waals surface area contributed by atoms with Gasteiger partial charge in [0.2, 0.25) is 0 Å². The predicted octanol–water partition coefficient (Wildman–Crippen LogP) is 3.43. The van der Waals surface area contributed by atoms with Crippen molar-refractivity contribution in [2.24, 2.45) is 5.73 Å². The standard InChI is InChI=1S/C12H11BrN2OS/c13-7-1-2-10-8(5-7)9(14)6-11(16-10)12-15-3-4-17-12/h1-5,9,11H,6,14H2/t9-,11?/m1/s1. The van der Waals surface area contributed by atoms with Crippen LogP contribution in [-0.2, 0) is 0 Å². The summed E-state index contributed by atoms with van der Waals surface area (Å²) in [7, 11) is 0. The molecule has 0 saturated heterocycles. The van der Waals surface area contributed by atoms with Crippen LogP contribution in [0.2, 0.25) is 0 Å². The fourth-order valence-electron chi connectivity index (χ4n) is 2.02.